The van der Waals surface area contributed by atoms with E-state index >= 15 is 0 Å². The monoisotopic (exact) mass is 285 g/mol. The van der Waals surface area contributed by atoms with Crippen molar-refractivity contribution in [3.8, 4) is 0 Å². The third-order valence-electron chi connectivity index (χ3n) is 3.10. The quantitative estimate of drug-likeness (QED) is 0.873. The van der Waals surface area contributed by atoms with E-state index < -0.39 is 0 Å². The van der Waals surface area contributed by atoms with Crippen LogP contribution in [-0.2, 0) is 0 Å². The molecule has 5 heteroatoms. The lowest BCUT2D eigenvalue weighted by atomic mass is 10.1. The van der Waals surface area contributed by atoms with Gasteiger partial charge in [-0.1, -0.05) is 30.3 Å². The zero-order valence-electron chi connectivity index (χ0n) is 12.2. The van der Waals surface area contributed by atoms with Crippen molar-refractivity contribution in [1.29, 1.82) is 0 Å². The summed E-state index contributed by atoms with van der Waals surface area (Å²) in [5.41, 5.74) is 1.26. The molecule has 0 aliphatic rings. The zero-order chi connectivity index (χ0) is 15.2. The maximum absolute atomic E-state index is 12.3. The van der Waals surface area contributed by atoms with Crippen molar-refractivity contribution in [3.05, 3.63) is 70.1 Å². The minimum atomic E-state index is -0.223. The number of amides is 1. The normalized spacial score (nSPS) is 12.1. The first kappa shape index (κ1) is 15.0. The van der Waals surface area contributed by atoms with Crippen molar-refractivity contribution in [1.82, 2.24) is 15.2 Å². The topological polar surface area (TPSA) is 65.2 Å². The lowest BCUT2D eigenvalue weighted by Gasteiger charge is -2.22. The Balaban J connectivity index is 2.17. The molecule has 2 N–H and O–H groups in total. The minimum Gasteiger partial charge on any atom is -0.344 e. The second kappa shape index (κ2) is 6.85. The molecule has 21 heavy (non-hydrogen) atoms. The maximum Gasteiger partial charge on any atom is 0.253 e. The Kier molecular flexibility index (Phi) is 4.90. The van der Waals surface area contributed by atoms with E-state index in [0.717, 1.165) is 5.56 Å². The van der Waals surface area contributed by atoms with Crippen LogP contribution >= 0.6 is 0 Å². The van der Waals surface area contributed by atoms with Gasteiger partial charge in [0.1, 0.15) is 0 Å². The Labute approximate surface area is 123 Å². The number of aromatic amines is 1. The van der Waals surface area contributed by atoms with Gasteiger partial charge in [0.25, 0.3) is 5.91 Å². The maximum atomic E-state index is 12.3. The van der Waals surface area contributed by atoms with Gasteiger partial charge in [-0.2, -0.15) is 0 Å². The molecular weight excluding hydrogens is 266 g/mol. The predicted molar refractivity (Wildman–Crippen MR) is 82.3 cm³/mol. The van der Waals surface area contributed by atoms with Gasteiger partial charge < -0.3 is 15.2 Å². The number of pyridine rings is 1. The van der Waals surface area contributed by atoms with E-state index in [1.165, 1.54) is 18.3 Å². The molecule has 1 unspecified atom stereocenters. The van der Waals surface area contributed by atoms with Gasteiger partial charge >= 0.3 is 0 Å². The van der Waals surface area contributed by atoms with E-state index in [-0.39, 0.29) is 17.5 Å². The second-order valence-electron chi connectivity index (χ2n) is 5.14. The van der Waals surface area contributed by atoms with Gasteiger partial charge in [0.2, 0.25) is 5.56 Å². The Bertz CT molecular complexity index is 630. The molecule has 110 valence electrons. The van der Waals surface area contributed by atoms with Crippen molar-refractivity contribution in [3.63, 3.8) is 0 Å². The summed E-state index contributed by atoms with van der Waals surface area (Å²) >= 11 is 0. The number of H-pyrrole nitrogens is 1. The van der Waals surface area contributed by atoms with Crippen molar-refractivity contribution in [2.45, 2.75) is 6.04 Å². The molecule has 0 bridgehead atoms. The summed E-state index contributed by atoms with van der Waals surface area (Å²) in [6.45, 7) is 0.694. The van der Waals surface area contributed by atoms with E-state index in [1.807, 2.05) is 49.3 Å². The van der Waals surface area contributed by atoms with E-state index in [0.29, 0.717) is 12.1 Å². The standard InChI is InChI=1S/C16H19N3O2/c1-19(2)11-14(12-6-4-3-5-7-12)18-16(21)13-8-9-15(20)17-10-13/h3-10,14H,11H2,1-2H3,(H,17,20)(H,18,21). The fourth-order valence-corrected chi connectivity index (χ4v) is 2.08. The summed E-state index contributed by atoms with van der Waals surface area (Å²) in [4.78, 5) is 27.8. The molecule has 1 heterocycles. The van der Waals surface area contributed by atoms with Gasteiger partial charge in [0, 0.05) is 18.8 Å². The number of nitrogens with zero attached hydrogens (tertiary/aromatic N) is 1. The smallest absolute Gasteiger partial charge is 0.253 e. The van der Waals surface area contributed by atoms with Crippen LogP contribution in [0.25, 0.3) is 0 Å². The summed E-state index contributed by atoms with van der Waals surface area (Å²) in [6, 6.07) is 12.6. The zero-order valence-corrected chi connectivity index (χ0v) is 12.2. The fourth-order valence-electron chi connectivity index (χ4n) is 2.08. The van der Waals surface area contributed by atoms with Gasteiger partial charge in [-0.05, 0) is 25.7 Å². The van der Waals surface area contributed by atoms with Gasteiger partial charge in [-0.25, -0.2) is 0 Å². The van der Waals surface area contributed by atoms with Crippen LogP contribution in [0.15, 0.2) is 53.5 Å². The number of rotatable bonds is 5. The third-order valence-corrected chi connectivity index (χ3v) is 3.10. The minimum absolute atomic E-state index is 0.111. The van der Waals surface area contributed by atoms with Crippen LogP contribution in [0.1, 0.15) is 22.0 Å². The number of benzene rings is 1. The van der Waals surface area contributed by atoms with Crippen LogP contribution in [0.4, 0.5) is 0 Å². The van der Waals surface area contributed by atoms with Crippen LogP contribution in [0.5, 0.6) is 0 Å². The molecule has 0 aliphatic carbocycles. The Morgan fingerprint density at radius 2 is 1.90 bits per heavy atom. The first-order valence-electron chi connectivity index (χ1n) is 6.75. The van der Waals surface area contributed by atoms with Gasteiger partial charge in [0.05, 0.1) is 11.6 Å². The molecule has 0 saturated carbocycles. The average molecular weight is 285 g/mol. The van der Waals surface area contributed by atoms with Crippen LogP contribution in [0.3, 0.4) is 0 Å². The Morgan fingerprint density at radius 3 is 2.48 bits per heavy atom. The van der Waals surface area contributed by atoms with Crippen LogP contribution in [0.2, 0.25) is 0 Å². The second-order valence-corrected chi connectivity index (χ2v) is 5.14. The molecule has 0 radical (unpaired) electrons. The first-order chi connectivity index (χ1) is 10.1. The van der Waals surface area contributed by atoms with Crippen molar-refractivity contribution in [2.24, 2.45) is 0 Å². The molecule has 0 spiro atoms. The van der Waals surface area contributed by atoms with Crippen LogP contribution in [0, 0.1) is 0 Å². The van der Waals surface area contributed by atoms with Crippen LogP contribution < -0.4 is 10.9 Å². The molecule has 0 aliphatic heterocycles. The van der Waals surface area contributed by atoms with Crippen LogP contribution in [-0.4, -0.2) is 36.4 Å². The van der Waals surface area contributed by atoms with Gasteiger partial charge in [-0.15, -0.1) is 0 Å². The van der Waals surface area contributed by atoms with E-state index in [2.05, 4.69) is 10.3 Å². The number of likely N-dealkylation sites (N-methyl/N-ethyl adjacent to an activating group) is 1. The molecular formula is C16H19N3O2. The summed E-state index contributed by atoms with van der Waals surface area (Å²) in [5.74, 6) is -0.207. The number of carbonyl (C=O) groups excluding carboxylic acids is 1. The fraction of sp³-hybridized carbons (Fsp3) is 0.250. The molecule has 0 saturated heterocycles. The van der Waals surface area contributed by atoms with E-state index in [4.69, 9.17) is 0 Å². The molecule has 5 nitrogen and oxygen atoms in total. The molecule has 0 fully saturated rings. The summed E-state index contributed by atoms with van der Waals surface area (Å²) < 4.78 is 0. The summed E-state index contributed by atoms with van der Waals surface area (Å²) in [5, 5.41) is 3.00. The van der Waals surface area contributed by atoms with Crippen molar-refractivity contribution >= 4 is 5.91 Å². The summed E-state index contributed by atoms with van der Waals surface area (Å²) in [6.07, 6.45) is 1.43. The predicted octanol–water partition coefficient (Wildman–Crippen LogP) is 1.41. The van der Waals surface area contributed by atoms with Gasteiger partial charge in [0.15, 0.2) is 0 Å². The highest BCUT2D eigenvalue weighted by atomic mass is 16.2. The van der Waals surface area contributed by atoms with Gasteiger partial charge in [-0.3, -0.25) is 9.59 Å². The lowest BCUT2D eigenvalue weighted by Crippen LogP contribution is -2.35. The number of nitrogens with one attached hydrogen (secondary N) is 2. The SMILES string of the molecule is CN(C)CC(NC(=O)c1ccc(=O)[nH]c1)c1ccccc1. The molecule has 2 aromatic rings. The average Bonchev–Trinajstić information content (AvgIpc) is 2.47. The highest BCUT2D eigenvalue weighted by molar-refractivity contribution is 5.94. The molecule has 1 amide bonds. The molecule has 1 aromatic heterocycles. The third kappa shape index (κ3) is 4.29. The first-order valence-corrected chi connectivity index (χ1v) is 6.75. The molecule has 1 atom stereocenters. The van der Waals surface area contributed by atoms with E-state index in [1.54, 1.807) is 0 Å². The van der Waals surface area contributed by atoms with E-state index in [9.17, 15) is 9.59 Å². The lowest BCUT2D eigenvalue weighted by molar-refractivity contribution is 0.0929. The highest BCUT2D eigenvalue weighted by Crippen LogP contribution is 2.14. The molecule has 1 aromatic carbocycles. The largest absolute Gasteiger partial charge is 0.344 e. The summed E-state index contributed by atoms with van der Waals surface area (Å²) in [7, 11) is 3.92. The number of hydrogen-bond donors (Lipinski definition) is 2. The Hall–Kier alpha value is -2.40. The Morgan fingerprint density at radius 1 is 1.19 bits per heavy atom. The number of carbonyl (C=O) groups is 1. The highest BCUT2D eigenvalue weighted by Gasteiger charge is 2.16. The number of hydrogen-bond acceptors (Lipinski definition) is 3. The van der Waals surface area contributed by atoms with Crippen molar-refractivity contribution in [2.75, 3.05) is 20.6 Å². The number of aromatic nitrogens is 1. The van der Waals surface area contributed by atoms with Crippen molar-refractivity contribution < 1.29 is 4.79 Å². The molecule has 2 rings (SSSR count).